The molecule has 1 unspecified atom stereocenters. The van der Waals surface area contributed by atoms with Crippen molar-refractivity contribution >= 4 is 29.2 Å². The van der Waals surface area contributed by atoms with E-state index in [1.165, 1.54) is 6.08 Å². The second-order valence-corrected chi connectivity index (χ2v) is 5.94. The summed E-state index contributed by atoms with van der Waals surface area (Å²) < 4.78 is 1.85. The number of carbonyl (C=O) groups is 1. The molecular weight excluding hydrogens is 322 g/mol. The number of halogens is 1. The topological polar surface area (TPSA) is 37.6 Å². The second-order valence-electron chi connectivity index (χ2n) is 5.59. The summed E-state index contributed by atoms with van der Waals surface area (Å²) in [4.78, 5) is 18.4. The molecular formula is C19H18ClN3O. The summed E-state index contributed by atoms with van der Waals surface area (Å²) in [6, 6.07) is 15.6. The lowest BCUT2D eigenvalue weighted by Crippen LogP contribution is -2.27. The van der Waals surface area contributed by atoms with Crippen LogP contribution in [0.1, 0.15) is 24.2 Å². The number of fused-ring (bicyclic) bond motifs is 1. The minimum atomic E-state index is -0.0895. The number of carbonyl (C=O) groups excluding carboxylic acids is 1. The van der Waals surface area contributed by atoms with Gasteiger partial charge in [-0.25, -0.2) is 4.98 Å². The Morgan fingerprint density at radius 3 is 2.67 bits per heavy atom. The Kier molecular flexibility index (Phi) is 4.67. The Balaban J connectivity index is 1.80. The molecule has 0 bridgehead atoms. The molecule has 24 heavy (non-hydrogen) atoms. The Hall–Kier alpha value is -2.59. The summed E-state index contributed by atoms with van der Waals surface area (Å²) in [5.41, 5.74) is 2.54. The number of likely N-dealkylation sites (N-methyl/N-ethyl adjacent to an activating group) is 1. The van der Waals surface area contributed by atoms with Gasteiger partial charge in [0, 0.05) is 19.3 Å². The summed E-state index contributed by atoms with van der Waals surface area (Å²) in [5.74, 6) is -0.0895. The molecule has 1 amide bonds. The average molecular weight is 340 g/mol. The highest BCUT2D eigenvalue weighted by Crippen LogP contribution is 2.21. The molecule has 3 rings (SSSR count). The Morgan fingerprint density at radius 2 is 1.92 bits per heavy atom. The van der Waals surface area contributed by atoms with E-state index in [1.54, 1.807) is 18.0 Å². The number of amides is 1. The quantitative estimate of drug-likeness (QED) is 0.667. The van der Waals surface area contributed by atoms with E-state index in [-0.39, 0.29) is 11.9 Å². The van der Waals surface area contributed by atoms with Gasteiger partial charge in [-0.05, 0) is 30.7 Å². The summed E-state index contributed by atoms with van der Waals surface area (Å²) in [5, 5.41) is 0.379. The predicted octanol–water partition coefficient (Wildman–Crippen LogP) is 4.22. The molecule has 1 aromatic carbocycles. The van der Waals surface area contributed by atoms with Crippen molar-refractivity contribution in [1.29, 1.82) is 0 Å². The number of rotatable bonds is 4. The predicted molar refractivity (Wildman–Crippen MR) is 96.9 cm³/mol. The molecule has 0 spiro atoms. The van der Waals surface area contributed by atoms with Gasteiger partial charge in [0.1, 0.15) is 5.65 Å². The summed E-state index contributed by atoms with van der Waals surface area (Å²) >= 11 is 6.18. The molecule has 2 heterocycles. The van der Waals surface area contributed by atoms with Crippen LogP contribution in [0.2, 0.25) is 5.15 Å². The van der Waals surface area contributed by atoms with Crippen molar-refractivity contribution in [3.8, 4) is 0 Å². The minimum absolute atomic E-state index is 0.0130. The molecule has 0 saturated carbocycles. The molecule has 122 valence electrons. The van der Waals surface area contributed by atoms with Crippen molar-refractivity contribution in [2.24, 2.45) is 0 Å². The van der Waals surface area contributed by atoms with Crippen molar-refractivity contribution in [2.45, 2.75) is 13.0 Å². The Labute approximate surface area is 146 Å². The third-order valence-electron chi connectivity index (χ3n) is 4.12. The van der Waals surface area contributed by atoms with E-state index in [0.29, 0.717) is 10.8 Å². The van der Waals surface area contributed by atoms with Crippen LogP contribution in [-0.2, 0) is 4.79 Å². The average Bonchev–Trinajstić information content (AvgIpc) is 2.94. The van der Waals surface area contributed by atoms with Crippen LogP contribution in [0.15, 0.2) is 60.8 Å². The van der Waals surface area contributed by atoms with Crippen molar-refractivity contribution in [2.75, 3.05) is 7.05 Å². The van der Waals surface area contributed by atoms with Crippen LogP contribution < -0.4 is 0 Å². The molecule has 1 atom stereocenters. The van der Waals surface area contributed by atoms with Crippen molar-refractivity contribution in [1.82, 2.24) is 14.3 Å². The van der Waals surface area contributed by atoms with Crippen LogP contribution in [0.3, 0.4) is 0 Å². The molecule has 4 nitrogen and oxygen atoms in total. The van der Waals surface area contributed by atoms with E-state index >= 15 is 0 Å². The Morgan fingerprint density at radius 1 is 1.21 bits per heavy atom. The fraction of sp³-hybridized carbons (Fsp3) is 0.158. The van der Waals surface area contributed by atoms with Crippen LogP contribution in [0, 0.1) is 0 Å². The fourth-order valence-corrected chi connectivity index (χ4v) is 2.79. The van der Waals surface area contributed by atoms with E-state index in [9.17, 15) is 4.79 Å². The van der Waals surface area contributed by atoms with Crippen LogP contribution in [-0.4, -0.2) is 27.2 Å². The smallest absolute Gasteiger partial charge is 0.246 e. The normalized spacial score (nSPS) is 12.6. The molecule has 0 aliphatic heterocycles. The first kappa shape index (κ1) is 16.3. The van der Waals surface area contributed by atoms with Crippen LogP contribution >= 0.6 is 11.6 Å². The first-order valence-corrected chi connectivity index (χ1v) is 8.08. The number of nitrogens with zero attached hydrogens (tertiary/aromatic N) is 3. The standard InChI is InChI=1S/C19H18ClN3O/c1-14(15-8-4-3-5-9-15)22(2)18(24)12-11-16-19(20)21-17-10-6-7-13-23(16)17/h3-14H,1-2H3. The molecule has 0 aliphatic carbocycles. The van der Waals surface area contributed by atoms with Crippen molar-refractivity contribution in [3.63, 3.8) is 0 Å². The molecule has 0 saturated heterocycles. The fourth-order valence-electron chi connectivity index (χ4n) is 2.55. The third-order valence-corrected chi connectivity index (χ3v) is 4.39. The molecule has 0 radical (unpaired) electrons. The van der Waals surface area contributed by atoms with Gasteiger partial charge < -0.3 is 4.90 Å². The monoisotopic (exact) mass is 339 g/mol. The van der Waals surface area contributed by atoms with Crippen LogP contribution in [0.4, 0.5) is 0 Å². The van der Waals surface area contributed by atoms with Gasteiger partial charge in [-0.2, -0.15) is 0 Å². The number of benzene rings is 1. The lowest BCUT2D eigenvalue weighted by Gasteiger charge is -2.24. The lowest BCUT2D eigenvalue weighted by atomic mass is 10.1. The van der Waals surface area contributed by atoms with Gasteiger partial charge in [-0.3, -0.25) is 9.20 Å². The molecule has 0 N–H and O–H groups in total. The highest BCUT2D eigenvalue weighted by Gasteiger charge is 2.15. The van der Waals surface area contributed by atoms with Crippen molar-refractivity contribution < 1.29 is 4.79 Å². The summed E-state index contributed by atoms with van der Waals surface area (Å²) in [6.45, 7) is 2.00. The maximum absolute atomic E-state index is 12.5. The summed E-state index contributed by atoms with van der Waals surface area (Å²) in [6.07, 6.45) is 5.11. The van der Waals surface area contributed by atoms with Gasteiger partial charge in [0.2, 0.25) is 5.91 Å². The number of pyridine rings is 1. The highest BCUT2D eigenvalue weighted by atomic mass is 35.5. The van der Waals surface area contributed by atoms with Gasteiger partial charge >= 0.3 is 0 Å². The van der Waals surface area contributed by atoms with Gasteiger partial charge in [-0.15, -0.1) is 0 Å². The maximum Gasteiger partial charge on any atom is 0.246 e. The number of aromatic nitrogens is 2. The second kappa shape index (κ2) is 6.89. The molecule has 3 aromatic rings. The zero-order valence-corrected chi connectivity index (χ0v) is 14.3. The van der Waals surface area contributed by atoms with Gasteiger partial charge in [0.25, 0.3) is 0 Å². The van der Waals surface area contributed by atoms with Gasteiger partial charge in [0.05, 0.1) is 11.7 Å². The van der Waals surface area contributed by atoms with E-state index < -0.39 is 0 Å². The van der Waals surface area contributed by atoms with Crippen LogP contribution in [0.5, 0.6) is 0 Å². The van der Waals surface area contributed by atoms with E-state index in [4.69, 9.17) is 11.6 Å². The van der Waals surface area contributed by atoms with E-state index in [0.717, 1.165) is 11.2 Å². The molecule has 0 aliphatic rings. The number of hydrogen-bond donors (Lipinski definition) is 0. The minimum Gasteiger partial charge on any atom is -0.335 e. The van der Waals surface area contributed by atoms with Gasteiger partial charge in [-0.1, -0.05) is 48.0 Å². The Bertz CT molecular complexity index is 886. The molecule has 5 heteroatoms. The SMILES string of the molecule is CC(c1ccccc1)N(C)C(=O)C=Cc1c(Cl)nc2ccccn12. The third kappa shape index (κ3) is 3.19. The van der Waals surface area contributed by atoms with Crippen molar-refractivity contribution in [3.05, 3.63) is 77.2 Å². The zero-order chi connectivity index (χ0) is 17.1. The number of hydrogen-bond acceptors (Lipinski definition) is 2. The largest absolute Gasteiger partial charge is 0.335 e. The van der Waals surface area contributed by atoms with Gasteiger partial charge in [0.15, 0.2) is 5.15 Å². The zero-order valence-electron chi connectivity index (χ0n) is 13.6. The first-order chi connectivity index (χ1) is 11.6. The maximum atomic E-state index is 12.5. The lowest BCUT2D eigenvalue weighted by molar-refractivity contribution is -0.126. The summed E-state index contributed by atoms with van der Waals surface area (Å²) in [7, 11) is 1.79. The van der Waals surface area contributed by atoms with E-state index in [1.807, 2.05) is 66.1 Å². The van der Waals surface area contributed by atoms with Crippen LogP contribution in [0.25, 0.3) is 11.7 Å². The molecule has 2 aromatic heterocycles. The van der Waals surface area contributed by atoms with E-state index in [2.05, 4.69) is 4.98 Å². The first-order valence-electron chi connectivity index (χ1n) is 7.70. The molecule has 0 fully saturated rings. The highest BCUT2D eigenvalue weighted by molar-refractivity contribution is 6.31. The number of imidazole rings is 1.